The highest BCUT2D eigenvalue weighted by molar-refractivity contribution is 5.28. The first kappa shape index (κ1) is 9.92. The molecule has 0 radical (unpaired) electrons. The molecule has 0 unspecified atom stereocenters. The number of aromatic nitrogens is 1. The Balaban J connectivity index is 3.43. The summed E-state index contributed by atoms with van der Waals surface area (Å²) in [7, 11) is 0. The summed E-state index contributed by atoms with van der Waals surface area (Å²) in [5.74, 6) is 0. The topological polar surface area (TPSA) is 88.9 Å². The van der Waals surface area contributed by atoms with E-state index >= 15 is 0 Å². The Bertz CT molecular complexity index is 470. The van der Waals surface area contributed by atoms with E-state index in [1.165, 1.54) is 6.07 Å². The van der Waals surface area contributed by atoms with Crippen LogP contribution in [-0.4, -0.2) is 9.49 Å². The first-order valence-corrected chi connectivity index (χ1v) is 3.79. The summed E-state index contributed by atoms with van der Waals surface area (Å²) in [5, 5.41) is 18.8. The first-order chi connectivity index (χ1) is 6.57. The average Bonchev–Trinajstić information content (AvgIpc) is 2.11. The van der Waals surface area contributed by atoms with Crippen molar-refractivity contribution < 1.29 is 4.92 Å². The maximum absolute atomic E-state index is 11.4. The maximum Gasteiger partial charge on any atom is 0.334 e. The number of aryl methyl sites for hydroxylation is 1. The van der Waals surface area contributed by atoms with Crippen LogP contribution in [0, 0.1) is 28.4 Å². The molecule has 0 fully saturated rings. The van der Waals surface area contributed by atoms with Crippen LogP contribution in [0.1, 0.15) is 5.69 Å². The average molecular weight is 193 g/mol. The number of nitrogens with zero attached hydrogens (tertiary/aromatic N) is 3. The van der Waals surface area contributed by atoms with Gasteiger partial charge < -0.3 is 0 Å². The van der Waals surface area contributed by atoms with E-state index in [0.717, 1.165) is 10.6 Å². The van der Waals surface area contributed by atoms with Crippen molar-refractivity contribution in [3.05, 3.63) is 38.3 Å². The second-order valence-electron chi connectivity index (χ2n) is 2.67. The van der Waals surface area contributed by atoms with Crippen molar-refractivity contribution in [3.8, 4) is 6.07 Å². The minimum absolute atomic E-state index is 0.174. The van der Waals surface area contributed by atoms with Gasteiger partial charge in [-0.2, -0.15) is 5.26 Å². The largest absolute Gasteiger partial charge is 0.334 e. The third kappa shape index (κ3) is 1.61. The van der Waals surface area contributed by atoms with E-state index in [2.05, 4.69) is 0 Å². The number of rotatable bonds is 2. The Hall–Kier alpha value is -2.16. The second-order valence-corrected chi connectivity index (χ2v) is 2.67. The van der Waals surface area contributed by atoms with Gasteiger partial charge in [-0.15, -0.1) is 0 Å². The van der Waals surface area contributed by atoms with Crippen LogP contribution >= 0.6 is 0 Å². The summed E-state index contributed by atoms with van der Waals surface area (Å²) >= 11 is 0. The van der Waals surface area contributed by atoms with Crippen LogP contribution in [0.5, 0.6) is 0 Å². The summed E-state index contributed by atoms with van der Waals surface area (Å²) in [6.45, 7) is 1.44. The van der Waals surface area contributed by atoms with Crippen LogP contribution in [0.15, 0.2) is 16.9 Å². The van der Waals surface area contributed by atoms with E-state index in [4.69, 9.17) is 5.26 Å². The Labute approximate surface area is 79.2 Å². The number of hydrogen-bond donors (Lipinski definition) is 0. The van der Waals surface area contributed by atoms with E-state index in [1.54, 1.807) is 13.0 Å². The number of nitro groups is 1. The monoisotopic (exact) mass is 193 g/mol. The molecular weight excluding hydrogens is 186 g/mol. The van der Waals surface area contributed by atoms with Gasteiger partial charge in [-0.25, -0.2) is 0 Å². The molecule has 6 heteroatoms. The molecular formula is C8H7N3O3. The molecule has 0 atom stereocenters. The molecule has 0 bridgehead atoms. The van der Waals surface area contributed by atoms with Gasteiger partial charge in [-0.05, 0) is 13.0 Å². The molecule has 1 rings (SSSR count). The van der Waals surface area contributed by atoms with Gasteiger partial charge in [0.15, 0.2) is 0 Å². The van der Waals surface area contributed by atoms with E-state index < -0.39 is 16.2 Å². The zero-order valence-electron chi connectivity index (χ0n) is 7.43. The van der Waals surface area contributed by atoms with Crippen molar-refractivity contribution >= 4 is 5.69 Å². The Morgan fingerprint density at radius 1 is 1.64 bits per heavy atom. The lowest BCUT2D eigenvalue weighted by Crippen LogP contribution is -2.23. The summed E-state index contributed by atoms with van der Waals surface area (Å²) in [5.41, 5.74) is -0.718. The molecule has 0 saturated carbocycles. The molecule has 72 valence electrons. The molecule has 0 saturated heterocycles. The fraction of sp³-hybridized carbons (Fsp3) is 0.250. The van der Waals surface area contributed by atoms with E-state index in [1.807, 2.05) is 0 Å². The second kappa shape index (κ2) is 3.70. The minimum atomic E-state index is -0.754. The van der Waals surface area contributed by atoms with Crippen molar-refractivity contribution in [3.63, 3.8) is 0 Å². The standard InChI is InChI=1S/C8H7N3O3/c1-6-2-3-7(11(13)14)8(12)10(6)5-4-9/h2-3H,5H2,1H3. The summed E-state index contributed by atoms with van der Waals surface area (Å²) in [6.07, 6.45) is 0. The van der Waals surface area contributed by atoms with Crippen LogP contribution in [-0.2, 0) is 6.54 Å². The Morgan fingerprint density at radius 3 is 2.79 bits per heavy atom. The quantitative estimate of drug-likeness (QED) is 0.507. The lowest BCUT2D eigenvalue weighted by atomic mass is 10.3. The van der Waals surface area contributed by atoms with Crippen molar-refractivity contribution in [1.29, 1.82) is 5.26 Å². The highest BCUT2D eigenvalue weighted by atomic mass is 16.6. The Morgan fingerprint density at radius 2 is 2.29 bits per heavy atom. The van der Waals surface area contributed by atoms with Crippen LogP contribution in [0.2, 0.25) is 0 Å². The summed E-state index contributed by atoms with van der Waals surface area (Å²) in [6, 6.07) is 4.36. The van der Waals surface area contributed by atoms with Crippen LogP contribution in [0.3, 0.4) is 0 Å². The molecule has 0 aliphatic carbocycles. The molecule has 0 amide bonds. The van der Waals surface area contributed by atoms with Crippen molar-refractivity contribution in [2.75, 3.05) is 0 Å². The zero-order chi connectivity index (χ0) is 10.7. The van der Waals surface area contributed by atoms with Crippen LogP contribution < -0.4 is 5.56 Å². The minimum Gasteiger partial charge on any atom is -0.293 e. The maximum atomic E-state index is 11.4. The Kier molecular flexibility index (Phi) is 2.62. The molecule has 6 nitrogen and oxygen atoms in total. The number of hydrogen-bond acceptors (Lipinski definition) is 4. The van der Waals surface area contributed by atoms with Crippen molar-refractivity contribution in [2.45, 2.75) is 13.5 Å². The molecule has 0 aliphatic rings. The van der Waals surface area contributed by atoms with Gasteiger partial charge in [0.1, 0.15) is 6.54 Å². The third-order valence-electron chi connectivity index (χ3n) is 1.80. The molecule has 0 spiro atoms. The van der Waals surface area contributed by atoms with Gasteiger partial charge >= 0.3 is 11.2 Å². The van der Waals surface area contributed by atoms with Crippen molar-refractivity contribution in [1.82, 2.24) is 4.57 Å². The van der Waals surface area contributed by atoms with Gasteiger partial charge in [0.25, 0.3) is 0 Å². The lowest BCUT2D eigenvalue weighted by molar-refractivity contribution is -0.386. The van der Waals surface area contributed by atoms with Gasteiger partial charge in [-0.1, -0.05) is 0 Å². The third-order valence-corrected chi connectivity index (χ3v) is 1.80. The van der Waals surface area contributed by atoms with E-state index in [0.29, 0.717) is 5.69 Å². The highest BCUT2D eigenvalue weighted by Gasteiger charge is 2.14. The fourth-order valence-electron chi connectivity index (χ4n) is 1.07. The molecule has 1 aromatic heterocycles. The first-order valence-electron chi connectivity index (χ1n) is 3.79. The van der Waals surface area contributed by atoms with Crippen molar-refractivity contribution in [2.24, 2.45) is 0 Å². The molecule has 0 N–H and O–H groups in total. The van der Waals surface area contributed by atoms with Crippen LogP contribution in [0.25, 0.3) is 0 Å². The lowest BCUT2D eigenvalue weighted by Gasteiger charge is -2.03. The number of nitriles is 1. The fourth-order valence-corrected chi connectivity index (χ4v) is 1.07. The van der Waals surface area contributed by atoms with Gasteiger partial charge in [0.05, 0.1) is 11.0 Å². The van der Waals surface area contributed by atoms with E-state index in [-0.39, 0.29) is 6.54 Å². The predicted molar refractivity (Wildman–Crippen MR) is 47.7 cm³/mol. The SMILES string of the molecule is Cc1ccc([N+](=O)[O-])c(=O)n1CC#N. The van der Waals surface area contributed by atoms with Crippen LogP contribution in [0.4, 0.5) is 5.69 Å². The number of pyridine rings is 1. The van der Waals surface area contributed by atoms with Gasteiger partial charge in [0, 0.05) is 11.8 Å². The normalized spacial score (nSPS) is 9.43. The van der Waals surface area contributed by atoms with Gasteiger partial charge in [0.2, 0.25) is 0 Å². The molecule has 0 aliphatic heterocycles. The molecule has 1 aromatic rings. The molecule has 14 heavy (non-hydrogen) atoms. The molecule has 1 heterocycles. The highest BCUT2D eigenvalue weighted by Crippen LogP contribution is 2.05. The van der Waals surface area contributed by atoms with E-state index in [9.17, 15) is 14.9 Å². The smallest absolute Gasteiger partial charge is 0.293 e. The zero-order valence-corrected chi connectivity index (χ0v) is 7.43. The summed E-state index contributed by atoms with van der Waals surface area (Å²) < 4.78 is 1.07. The molecule has 0 aromatic carbocycles. The summed E-state index contributed by atoms with van der Waals surface area (Å²) in [4.78, 5) is 21.0. The predicted octanol–water partition coefficient (Wildman–Crippen LogP) is 0.588. The van der Waals surface area contributed by atoms with Gasteiger partial charge in [-0.3, -0.25) is 19.5 Å².